The number of benzene rings is 2. The first-order valence-corrected chi connectivity index (χ1v) is 10.1. The van der Waals surface area contributed by atoms with Gasteiger partial charge in [-0.25, -0.2) is 4.98 Å². The maximum atomic E-state index is 13.0. The number of nitrogens with one attached hydrogen (secondary N) is 1. The summed E-state index contributed by atoms with van der Waals surface area (Å²) >= 11 is 12.3. The third-order valence-corrected chi connectivity index (χ3v) is 5.30. The first-order chi connectivity index (χ1) is 14.7. The SMILES string of the molecule is COc1cc(OC)c(NC(=O)Cn2c(-c3cccc(Cl)c3)nc(C)c(C)c2=O)cc1Cl. The molecule has 0 aliphatic heterocycles. The van der Waals surface area contributed by atoms with E-state index in [1.807, 2.05) is 0 Å². The van der Waals surface area contributed by atoms with Crippen LogP contribution in [0.5, 0.6) is 11.5 Å². The van der Waals surface area contributed by atoms with Gasteiger partial charge in [0, 0.05) is 27.9 Å². The van der Waals surface area contributed by atoms with Crippen LogP contribution in [0.3, 0.4) is 0 Å². The summed E-state index contributed by atoms with van der Waals surface area (Å²) in [6.07, 6.45) is 0. The highest BCUT2D eigenvalue weighted by Gasteiger charge is 2.18. The van der Waals surface area contributed by atoms with Crippen molar-refractivity contribution in [1.29, 1.82) is 0 Å². The molecule has 0 spiro atoms. The van der Waals surface area contributed by atoms with Crippen LogP contribution < -0.4 is 20.3 Å². The lowest BCUT2D eigenvalue weighted by Crippen LogP contribution is -2.31. The molecule has 0 saturated carbocycles. The lowest BCUT2D eigenvalue weighted by atomic mass is 10.1. The van der Waals surface area contributed by atoms with Gasteiger partial charge in [0.15, 0.2) is 0 Å². The summed E-state index contributed by atoms with van der Waals surface area (Å²) in [7, 11) is 2.95. The minimum atomic E-state index is -0.449. The predicted octanol–water partition coefficient (Wildman–Crippen LogP) is 4.49. The van der Waals surface area contributed by atoms with Gasteiger partial charge in [0.25, 0.3) is 5.56 Å². The van der Waals surface area contributed by atoms with Gasteiger partial charge in [-0.15, -0.1) is 0 Å². The first kappa shape index (κ1) is 22.7. The van der Waals surface area contributed by atoms with E-state index in [9.17, 15) is 9.59 Å². The zero-order valence-corrected chi connectivity index (χ0v) is 19.0. The number of amides is 1. The normalized spacial score (nSPS) is 10.6. The number of ether oxygens (including phenoxy) is 2. The quantitative estimate of drug-likeness (QED) is 0.584. The van der Waals surface area contributed by atoms with E-state index in [-0.39, 0.29) is 12.1 Å². The third-order valence-electron chi connectivity index (χ3n) is 4.77. The fourth-order valence-electron chi connectivity index (χ4n) is 3.04. The molecule has 1 N–H and O–H groups in total. The van der Waals surface area contributed by atoms with E-state index in [0.717, 1.165) is 0 Å². The van der Waals surface area contributed by atoms with E-state index in [1.54, 1.807) is 44.2 Å². The summed E-state index contributed by atoms with van der Waals surface area (Å²) in [6, 6.07) is 10.0. The van der Waals surface area contributed by atoms with Gasteiger partial charge in [0.2, 0.25) is 5.91 Å². The smallest absolute Gasteiger partial charge is 0.257 e. The molecule has 0 aliphatic carbocycles. The Kier molecular flexibility index (Phi) is 6.87. The van der Waals surface area contributed by atoms with Crippen molar-refractivity contribution in [1.82, 2.24) is 9.55 Å². The second kappa shape index (κ2) is 9.41. The Morgan fingerprint density at radius 1 is 1.10 bits per heavy atom. The van der Waals surface area contributed by atoms with Crippen molar-refractivity contribution in [2.75, 3.05) is 19.5 Å². The molecule has 0 radical (unpaired) electrons. The second-order valence-corrected chi connectivity index (χ2v) is 7.63. The van der Waals surface area contributed by atoms with Crippen molar-refractivity contribution in [3.8, 4) is 22.9 Å². The molecule has 2 aromatic carbocycles. The lowest BCUT2D eigenvalue weighted by Gasteiger charge is -2.16. The second-order valence-electron chi connectivity index (χ2n) is 6.78. The molecule has 7 nitrogen and oxygen atoms in total. The van der Waals surface area contributed by atoms with Gasteiger partial charge in [-0.3, -0.25) is 14.2 Å². The number of anilines is 1. The molecule has 0 bridgehead atoms. The number of nitrogens with zero attached hydrogens (tertiary/aromatic N) is 2. The third kappa shape index (κ3) is 4.84. The molecule has 1 heterocycles. The van der Waals surface area contributed by atoms with Crippen molar-refractivity contribution in [2.45, 2.75) is 20.4 Å². The Morgan fingerprint density at radius 2 is 1.81 bits per heavy atom. The lowest BCUT2D eigenvalue weighted by molar-refractivity contribution is -0.116. The van der Waals surface area contributed by atoms with Crippen molar-refractivity contribution < 1.29 is 14.3 Å². The van der Waals surface area contributed by atoms with Crippen LogP contribution in [0, 0.1) is 13.8 Å². The van der Waals surface area contributed by atoms with Crippen LogP contribution in [0.15, 0.2) is 41.2 Å². The Labute approximate surface area is 189 Å². The molecule has 0 fully saturated rings. The van der Waals surface area contributed by atoms with Crippen molar-refractivity contribution in [3.05, 3.63) is 68.1 Å². The van der Waals surface area contributed by atoms with Gasteiger partial charge < -0.3 is 14.8 Å². The Balaban J connectivity index is 2.00. The number of carbonyl (C=O) groups is 1. The number of rotatable bonds is 6. The summed E-state index contributed by atoms with van der Waals surface area (Å²) in [5.74, 6) is 0.685. The first-order valence-electron chi connectivity index (χ1n) is 9.30. The van der Waals surface area contributed by atoms with Crippen molar-refractivity contribution in [2.24, 2.45) is 0 Å². The number of hydrogen-bond donors (Lipinski definition) is 1. The zero-order valence-electron chi connectivity index (χ0n) is 17.5. The van der Waals surface area contributed by atoms with Gasteiger partial charge in [0.1, 0.15) is 23.9 Å². The zero-order chi connectivity index (χ0) is 22.7. The van der Waals surface area contributed by atoms with E-state index in [4.69, 9.17) is 32.7 Å². The maximum absolute atomic E-state index is 13.0. The number of carbonyl (C=O) groups excluding carboxylic acids is 1. The average molecular weight is 462 g/mol. The van der Waals surface area contributed by atoms with Gasteiger partial charge in [-0.05, 0) is 32.0 Å². The van der Waals surface area contributed by atoms with Crippen LogP contribution in [0.2, 0.25) is 10.0 Å². The number of aromatic nitrogens is 2. The Hall–Kier alpha value is -3.03. The fraction of sp³-hybridized carbons (Fsp3) is 0.227. The maximum Gasteiger partial charge on any atom is 0.257 e. The molecule has 162 valence electrons. The van der Waals surface area contributed by atoms with Crippen LogP contribution in [0.1, 0.15) is 11.3 Å². The molecule has 1 amide bonds. The average Bonchev–Trinajstić information content (AvgIpc) is 2.74. The largest absolute Gasteiger partial charge is 0.495 e. The van der Waals surface area contributed by atoms with E-state index >= 15 is 0 Å². The molecule has 0 unspecified atom stereocenters. The van der Waals surface area contributed by atoms with Crippen LogP contribution in [0.25, 0.3) is 11.4 Å². The molecule has 9 heteroatoms. The highest BCUT2D eigenvalue weighted by Crippen LogP contribution is 2.36. The van der Waals surface area contributed by atoms with Crippen LogP contribution >= 0.6 is 23.2 Å². The van der Waals surface area contributed by atoms with Crippen molar-refractivity contribution in [3.63, 3.8) is 0 Å². The summed E-state index contributed by atoms with van der Waals surface area (Å²) in [5, 5.41) is 3.54. The minimum Gasteiger partial charge on any atom is -0.495 e. The van der Waals surface area contributed by atoms with Gasteiger partial charge in [-0.1, -0.05) is 35.3 Å². The molecule has 0 aliphatic rings. The molecule has 3 rings (SSSR count). The van der Waals surface area contributed by atoms with E-state index < -0.39 is 5.91 Å². The van der Waals surface area contributed by atoms with E-state index in [1.165, 1.54) is 24.9 Å². The van der Waals surface area contributed by atoms with Crippen molar-refractivity contribution >= 4 is 34.8 Å². The Bertz CT molecular complexity index is 1210. The van der Waals surface area contributed by atoms with Crippen LogP contribution in [-0.4, -0.2) is 29.7 Å². The number of hydrogen-bond acceptors (Lipinski definition) is 5. The summed E-state index contributed by atoms with van der Waals surface area (Å²) in [6.45, 7) is 3.16. The summed E-state index contributed by atoms with van der Waals surface area (Å²) < 4.78 is 11.8. The van der Waals surface area contributed by atoms with Gasteiger partial charge >= 0.3 is 0 Å². The molecule has 3 aromatic rings. The molecule has 0 saturated heterocycles. The molecular weight excluding hydrogens is 441 g/mol. The molecule has 0 atom stereocenters. The van der Waals surface area contributed by atoms with Crippen LogP contribution in [-0.2, 0) is 11.3 Å². The topological polar surface area (TPSA) is 82.4 Å². The van der Waals surface area contributed by atoms with Gasteiger partial charge in [0.05, 0.1) is 24.9 Å². The predicted molar refractivity (Wildman–Crippen MR) is 122 cm³/mol. The highest BCUT2D eigenvalue weighted by molar-refractivity contribution is 6.32. The molecular formula is C22H21Cl2N3O4. The fourth-order valence-corrected chi connectivity index (χ4v) is 3.47. The highest BCUT2D eigenvalue weighted by atomic mass is 35.5. The monoisotopic (exact) mass is 461 g/mol. The number of halogens is 2. The number of aryl methyl sites for hydroxylation is 1. The molecule has 1 aromatic heterocycles. The van der Waals surface area contributed by atoms with E-state index in [2.05, 4.69) is 10.3 Å². The molecule has 31 heavy (non-hydrogen) atoms. The summed E-state index contributed by atoms with van der Waals surface area (Å²) in [4.78, 5) is 30.4. The van der Waals surface area contributed by atoms with Gasteiger partial charge in [-0.2, -0.15) is 0 Å². The minimum absolute atomic E-state index is 0.262. The number of methoxy groups -OCH3 is 2. The summed E-state index contributed by atoms with van der Waals surface area (Å²) in [5.41, 5.74) is 1.72. The van der Waals surface area contributed by atoms with Crippen LogP contribution in [0.4, 0.5) is 5.69 Å². The Morgan fingerprint density at radius 3 is 2.45 bits per heavy atom. The standard InChI is InChI=1S/C22H21Cl2N3O4/c1-12-13(2)25-21(14-6-5-7-15(23)8-14)27(22(12)29)11-20(28)26-17-9-16(24)18(30-3)10-19(17)31-4/h5-10H,11H2,1-4H3,(H,26,28). The van der Waals surface area contributed by atoms with E-state index in [0.29, 0.717) is 49.9 Å².